The number of amides is 1. The van der Waals surface area contributed by atoms with Crippen molar-refractivity contribution in [3.8, 4) is 11.5 Å². The molecule has 12 nitrogen and oxygen atoms in total. The van der Waals surface area contributed by atoms with Crippen LogP contribution in [-0.4, -0.2) is 40.4 Å². The molecule has 0 bridgehead atoms. The van der Waals surface area contributed by atoms with Crippen LogP contribution in [0.4, 0.5) is 34.6 Å². The highest BCUT2D eigenvalue weighted by Gasteiger charge is 2.19. The summed E-state index contributed by atoms with van der Waals surface area (Å²) in [4.78, 5) is 28.8. The molecule has 0 saturated heterocycles. The van der Waals surface area contributed by atoms with E-state index in [2.05, 4.69) is 41.1 Å². The molecule has 0 radical (unpaired) electrons. The van der Waals surface area contributed by atoms with Crippen molar-refractivity contribution in [1.82, 2.24) is 34.5 Å². The Morgan fingerprint density at radius 1 is 0.941 bits per heavy atom. The number of nitrogens with two attached hydrogens (primary N) is 1. The SMILES string of the molecule is CC(=O)Nc1ccc(Nc2ccc3nc(Nc4cc[nH]n4)c(-c4nc(C)nc(N)n4)n3c2)cc1. The van der Waals surface area contributed by atoms with E-state index >= 15 is 0 Å². The topological polar surface area (TPSA) is 164 Å². The monoisotopic (exact) mass is 455 g/mol. The van der Waals surface area contributed by atoms with Gasteiger partial charge in [0.2, 0.25) is 11.9 Å². The smallest absolute Gasteiger partial charge is 0.223 e. The van der Waals surface area contributed by atoms with Crippen molar-refractivity contribution < 1.29 is 4.79 Å². The predicted octanol–water partition coefficient (Wildman–Crippen LogP) is 3.25. The number of aromatic nitrogens is 7. The minimum absolute atomic E-state index is 0.118. The second kappa shape index (κ2) is 8.50. The minimum atomic E-state index is -0.118. The zero-order chi connectivity index (χ0) is 23.7. The Balaban J connectivity index is 1.55. The average molecular weight is 455 g/mol. The van der Waals surface area contributed by atoms with Crippen molar-refractivity contribution in [2.24, 2.45) is 0 Å². The van der Waals surface area contributed by atoms with E-state index in [9.17, 15) is 4.79 Å². The van der Waals surface area contributed by atoms with Gasteiger partial charge in [-0.05, 0) is 43.3 Å². The van der Waals surface area contributed by atoms with Crippen LogP contribution in [0.25, 0.3) is 17.2 Å². The number of nitrogens with one attached hydrogen (secondary N) is 4. The second-order valence-electron chi connectivity index (χ2n) is 7.49. The van der Waals surface area contributed by atoms with Gasteiger partial charge in [0.1, 0.15) is 17.2 Å². The molecule has 0 unspecified atom stereocenters. The van der Waals surface area contributed by atoms with E-state index in [1.807, 2.05) is 47.0 Å². The van der Waals surface area contributed by atoms with Crippen LogP contribution < -0.4 is 21.7 Å². The number of benzene rings is 1. The largest absolute Gasteiger partial charge is 0.368 e. The van der Waals surface area contributed by atoms with Crippen molar-refractivity contribution in [3.05, 3.63) is 60.7 Å². The lowest BCUT2D eigenvalue weighted by molar-refractivity contribution is -0.114. The molecule has 0 spiro atoms. The Bertz CT molecular complexity index is 1450. The standard InChI is InChI=1S/C22H21N11O/c1-12-25-20(31-22(23)26-12)19-21(29-17-9-10-24-32-17)30-18-8-7-16(11-33(18)19)28-15-5-3-14(4-6-15)27-13(2)34/h3-11,28H,1-2H3,(H,27,34)(H2,24,29,32)(H2,23,25,26,31). The first-order valence-electron chi connectivity index (χ1n) is 10.4. The number of pyridine rings is 1. The van der Waals surface area contributed by atoms with Crippen LogP contribution in [-0.2, 0) is 4.79 Å². The Morgan fingerprint density at radius 2 is 1.71 bits per heavy atom. The van der Waals surface area contributed by atoms with Crippen LogP contribution in [0.15, 0.2) is 54.9 Å². The highest BCUT2D eigenvalue weighted by Crippen LogP contribution is 2.30. The van der Waals surface area contributed by atoms with Gasteiger partial charge in [0.15, 0.2) is 17.5 Å². The maximum atomic E-state index is 11.2. The van der Waals surface area contributed by atoms with Crippen LogP contribution in [0.5, 0.6) is 0 Å². The lowest BCUT2D eigenvalue weighted by Gasteiger charge is -2.10. The molecule has 4 aromatic heterocycles. The molecule has 0 saturated carbocycles. The molecule has 4 heterocycles. The van der Waals surface area contributed by atoms with E-state index in [1.54, 1.807) is 19.2 Å². The summed E-state index contributed by atoms with van der Waals surface area (Å²) in [6.45, 7) is 3.23. The maximum Gasteiger partial charge on any atom is 0.223 e. The minimum Gasteiger partial charge on any atom is -0.368 e. The number of carbonyl (C=O) groups is 1. The van der Waals surface area contributed by atoms with Crippen molar-refractivity contribution in [2.45, 2.75) is 13.8 Å². The first kappa shape index (κ1) is 20.9. The summed E-state index contributed by atoms with van der Waals surface area (Å²) < 4.78 is 1.87. The molecule has 34 heavy (non-hydrogen) atoms. The van der Waals surface area contributed by atoms with E-state index in [0.29, 0.717) is 34.6 Å². The van der Waals surface area contributed by atoms with Gasteiger partial charge in [-0.25, -0.2) is 9.97 Å². The normalized spacial score (nSPS) is 10.9. The Hall–Kier alpha value is -5.00. The van der Waals surface area contributed by atoms with E-state index < -0.39 is 0 Å². The van der Waals surface area contributed by atoms with Gasteiger partial charge in [0, 0.05) is 36.8 Å². The highest BCUT2D eigenvalue weighted by molar-refractivity contribution is 5.89. The van der Waals surface area contributed by atoms with Crippen molar-refractivity contribution >= 4 is 46.2 Å². The molecule has 1 amide bonds. The molecule has 0 fully saturated rings. The van der Waals surface area contributed by atoms with E-state index in [-0.39, 0.29) is 11.9 Å². The quantitative estimate of drug-likeness (QED) is 0.258. The van der Waals surface area contributed by atoms with Crippen molar-refractivity contribution in [1.29, 1.82) is 0 Å². The van der Waals surface area contributed by atoms with Crippen LogP contribution in [0.3, 0.4) is 0 Å². The summed E-state index contributed by atoms with van der Waals surface area (Å²) in [5.74, 6) is 2.00. The zero-order valence-corrected chi connectivity index (χ0v) is 18.4. The number of rotatable bonds is 6. The maximum absolute atomic E-state index is 11.2. The molecule has 0 atom stereocenters. The number of hydrogen-bond acceptors (Lipinski definition) is 9. The van der Waals surface area contributed by atoms with E-state index in [1.165, 1.54) is 6.92 Å². The summed E-state index contributed by atoms with van der Waals surface area (Å²) in [5, 5.41) is 16.2. The molecular formula is C22H21N11O. The Labute approximate surface area is 193 Å². The van der Waals surface area contributed by atoms with E-state index in [4.69, 9.17) is 10.7 Å². The third-order valence-electron chi connectivity index (χ3n) is 4.84. The lowest BCUT2D eigenvalue weighted by atomic mass is 10.2. The highest BCUT2D eigenvalue weighted by atomic mass is 16.1. The summed E-state index contributed by atoms with van der Waals surface area (Å²) in [6, 6.07) is 13.0. The van der Waals surface area contributed by atoms with Crippen LogP contribution >= 0.6 is 0 Å². The fourth-order valence-corrected chi connectivity index (χ4v) is 3.49. The van der Waals surface area contributed by atoms with Gasteiger partial charge in [-0.2, -0.15) is 15.1 Å². The van der Waals surface area contributed by atoms with Gasteiger partial charge in [-0.3, -0.25) is 14.3 Å². The molecule has 0 aliphatic heterocycles. The van der Waals surface area contributed by atoms with Gasteiger partial charge < -0.3 is 21.7 Å². The summed E-state index contributed by atoms with van der Waals surface area (Å²) in [7, 11) is 0. The molecular weight excluding hydrogens is 434 g/mol. The Morgan fingerprint density at radius 3 is 2.41 bits per heavy atom. The number of nitrogens with zero attached hydrogens (tertiary/aromatic N) is 6. The molecule has 0 aliphatic carbocycles. The molecule has 1 aromatic carbocycles. The number of fused-ring (bicyclic) bond motifs is 1. The fraction of sp³-hybridized carbons (Fsp3) is 0.0909. The number of imidazole rings is 1. The van der Waals surface area contributed by atoms with Crippen LogP contribution in [0, 0.1) is 6.92 Å². The van der Waals surface area contributed by atoms with Gasteiger partial charge in [0.05, 0.1) is 5.69 Å². The lowest BCUT2D eigenvalue weighted by Crippen LogP contribution is -2.05. The van der Waals surface area contributed by atoms with Gasteiger partial charge in [-0.1, -0.05) is 0 Å². The summed E-state index contributed by atoms with van der Waals surface area (Å²) in [5.41, 5.74) is 9.58. The molecule has 5 aromatic rings. The van der Waals surface area contributed by atoms with Crippen LogP contribution in [0.2, 0.25) is 0 Å². The molecule has 12 heteroatoms. The van der Waals surface area contributed by atoms with Gasteiger partial charge in [0.25, 0.3) is 0 Å². The first-order valence-corrected chi connectivity index (χ1v) is 10.4. The number of aromatic amines is 1. The second-order valence-corrected chi connectivity index (χ2v) is 7.49. The van der Waals surface area contributed by atoms with Crippen molar-refractivity contribution in [3.63, 3.8) is 0 Å². The summed E-state index contributed by atoms with van der Waals surface area (Å²) in [6.07, 6.45) is 3.60. The number of H-pyrrole nitrogens is 1. The fourth-order valence-electron chi connectivity index (χ4n) is 3.49. The van der Waals surface area contributed by atoms with Crippen LogP contribution in [0.1, 0.15) is 12.7 Å². The number of carbonyl (C=O) groups excluding carboxylic acids is 1. The van der Waals surface area contributed by atoms with Gasteiger partial charge in [-0.15, -0.1) is 0 Å². The molecule has 6 N–H and O–H groups in total. The van der Waals surface area contributed by atoms with Crippen molar-refractivity contribution in [2.75, 3.05) is 21.7 Å². The van der Waals surface area contributed by atoms with Gasteiger partial charge >= 0.3 is 0 Å². The number of anilines is 6. The third kappa shape index (κ3) is 4.32. The first-order chi connectivity index (χ1) is 16.4. The predicted molar refractivity (Wildman–Crippen MR) is 129 cm³/mol. The third-order valence-corrected chi connectivity index (χ3v) is 4.84. The molecule has 5 rings (SSSR count). The summed E-state index contributed by atoms with van der Waals surface area (Å²) >= 11 is 0. The van der Waals surface area contributed by atoms with E-state index in [0.717, 1.165) is 17.1 Å². The zero-order valence-electron chi connectivity index (χ0n) is 18.4. The average Bonchev–Trinajstić information content (AvgIpc) is 3.41. The Kier molecular flexibility index (Phi) is 5.22. The number of nitrogen functional groups attached to an aromatic ring is 1. The molecule has 0 aliphatic rings. The number of hydrogen-bond donors (Lipinski definition) is 5. The number of aryl methyl sites for hydroxylation is 1. The molecule has 170 valence electrons.